The molecule has 18 heavy (non-hydrogen) atoms. The second-order valence-electron chi connectivity index (χ2n) is 3.86. The maximum Gasteiger partial charge on any atom is 0.303 e. The Kier molecular flexibility index (Phi) is 5.17. The topological polar surface area (TPSA) is 75.6 Å². The second kappa shape index (κ2) is 6.64. The van der Waals surface area contributed by atoms with Gasteiger partial charge in [0, 0.05) is 13.5 Å². The minimum atomic E-state index is -0.802. The van der Waals surface area contributed by atoms with Gasteiger partial charge < -0.3 is 15.2 Å². The van der Waals surface area contributed by atoms with Crippen LogP contribution in [0.4, 0.5) is 0 Å². The molecule has 2 N–H and O–H groups in total. The summed E-state index contributed by atoms with van der Waals surface area (Å²) in [6.45, 7) is 0. The molecule has 0 bridgehead atoms. The Morgan fingerprint density at radius 2 is 2.11 bits per heavy atom. The van der Waals surface area contributed by atoms with E-state index in [9.17, 15) is 9.59 Å². The molecule has 5 nitrogen and oxygen atoms in total. The lowest BCUT2D eigenvalue weighted by atomic mass is 10.0. The molecule has 0 spiro atoms. The first-order valence-corrected chi connectivity index (χ1v) is 5.69. The van der Waals surface area contributed by atoms with E-state index in [-0.39, 0.29) is 12.3 Å². The van der Waals surface area contributed by atoms with E-state index in [0.29, 0.717) is 24.2 Å². The highest BCUT2D eigenvalue weighted by Gasteiger charge is 2.11. The van der Waals surface area contributed by atoms with Crippen molar-refractivity contribution < 1.29 is 19.4 Å². The van der Waals surface area contributed by atoms with Crippen molar-refractivity contribution in [2.24, 2.45) is 0 Å². The molecule has 5 heteroatoms. The van der Waals surface area contributed by atoms with Gasteiger partial charge in [0.05, 0.1) is 12.7 Å². The molecule has 98 valence electrons. The lowest BCUT2D eigenvalue weighted by Crippen LogP contribution is -2.18. The average molecular weight is 251 g/mol. The number of methoxy groups -OCH3 is 1. The summed E-state index contributed by atoms with van der Waals surface area (Å²) >= 11 is 0. The minimum Gasteiger partial charge on any atom is -0.496 e. The number of hydrogen-bond donors (Lipinski definition) is 2. The SMILES string of the molecule is CNC(=O)c1ccc(CCCC(=O)O)cc1OC. The highest BCUT2D eigenvalue weighted by molar-refractivity contribution is 5.96. The molecule has 1 amide bonds. The van der Waals surface area contributed by atoms with Gasteiger partial charge in [-0.2, -0.15) is 0 Å². The van der Waals surface area contributed by atoms with Gasteiger partial charge in [0.15, 0.2) is 0 Å². The fourth-order valence-corrected chi connectivity index (χ4v) is 1.66. The van der Waals surface area contributed by atoms with Crippen LogP contribution in [0, 0.1) is 0 Å². The number of benzene rings is 1. The summed E-state index contributed by atoms with van der Waals surface area (Å²) in [6.07, 6.45) is 1.36. The van der Waals surface area contributed by atoms with Gasteiger partial charge in [0.25, 0.3) is 5.91 Å². The quantitative estimate of drug-likeness (QED) is 0.802. The van der Waals surface area contributed by atoms with Crippen molar-refractivity contribution in [1.82, 2.24) is 5.32 Å². The van der Waals surface area contributed by atoms with Crippen LogP contribution in [0.15, 0.2) is 18.2 Å². The van der Waals surface area contributed by atoms with E-state index in [0.717, 1.165) is 5.56 Å². The van der Waals surface area contributed by atoms with E-state index >= 15 is 0 Å². The molecule has 0 atom stereocenters. The Labute approximate surface area is 106 Å². The largest absolute Gasteiger partial charge is 0.496 e. The average Bonchev–Trinajstić information content (AvgIpc) is 2.37. The maximum atomic E-state index is 11.5. The molecule has 0 saturated heterocycles. The molecule has 0 aromatic heterocycles. The van der Waals surface area contributed by atoms with Gasteiger partial charge >= 0.3 is 5.97 Å². The second-order valence-corrected chi connectivity index (χ2v) is 3.86. The van der Waals surface area contributed by atoms with Crippen LogP contribution in [0.5, 0.6) is 5.75 Å². The fraction of sp³-hybridized carbons (Fsp3) is 0.385. The van der Waals surface area contributed by atoms with Crippen molar-refractivity contribution in [2.75, 3.05) is 14.2 Å². The van der Waals surface area contributed by atoms with Crippen molar-refractivity contribution in [2.45, 2.75) is 19.3 Å². The van der Waals surface area contributed by atoms with Crippen LogP contribution in [0.25, 0.3) is 0 Å². The Balaban J connectivity index is 2.78. The summed E-state index contributed by atoms with van der Waals surface area (Å²) in [5, 5.41) is 11.1. The Hall–Kier alpha value is -2.04. The van der Waals surface area contributed by atoms with E-state index in [2.05, 4.69) is 5.32 Å². The number of carboxylic acid groups (broad SMARTS) is 1. The number of carboxylic acids is 1. The molecule has 1 rings (SSSR count). The Morgan fingerprint density at radius 1 is 1.39 bits per heavy atom. The van der Waals surface area contributed by atoms with Crippen molar-refractivity contribution in [1.29, 1.82) is 0 Å². The van der Waals surface area contributed by atoms with Crippen LogP contribution in [0.3, 0.4) is 0 Å². The molecule has 0 unspecified atom stereocenters. The normalized spacial score (nSPS) is 9.89. The highest BCUT2D eigenvalue weighted by atomic mass is 16.5. The minimum absolute atomic E-state index is 0.138. The molecule has 0 fully saturated rings. The van der Waals surface area contributed by atoms with Crippen LogP contribution in [0.2, 0.25) is 0 Å². The standard InChI is InChI=1S/C13H17NO4/c1-14-13(17)10-7-6-9(8-11(10)18-2)4-3-5-12(15)16/h6-8H,3-5H2,1-2H3,(H,14,17)(H,15,16). The first-order valence-electron chi connectivity index (χ1n) is 5.69. The molecular weight excluding hydrogens is 234 g/mol. The summed E-state index contributed by atoms with van der Waals surface area (Å²) in [7, 11) is 3.06. The van der Waals surface area contributed by atoms with Gasteiger partial charge in [-0.05, 0) is 30.5 Å². The van der Waals surface area contributed by atoms with E-state index in [1.165, 1.54) is 7.11 Å². The number of carbonyl (C=O) groups excluding carboxylic acids is 1. The summed E-state index contributed by atoms with van der Waals surface area (Å²) in [6, 6.07) is 5.27. The molecule has 0 radical (unpaired) electrons. The third kappa shape index (κ3) is 3.76. The molecule has 0 aliphatic rings. The number of amides is 1. The highest BCUT2D eigenvalue weighted by Crippen LogP contribution is 2.21. The van der Waals surface area contributed by atoms with Gasteiger partial charge in [-0.3, -0.25) is 9.59 Å². The van der Waals surface area contributed by atoms with Crippen LogP contribution in [-0.4, -0.2) is 31.1 Å². The number of hydrogen-bond acceptors (Lipinski definition) is 3. The van der Waals surface area contributed by atoms with Crippen LogP contribution < -0.4 is 10.1 Å². The van der Waals surface area contributed by atoms with E-state index in [1.807, 2.05) is 6.07 Å². The first kappa shape index (κ1) is 14.0. The zero-order valence-electron chi connectivity index (χ0n) is 10.5. The van der Waals surface area contributed by atoms with Gasteiger partial charge in [-0.25, -0.2) is 0 Å². The molecule has 1 aromatic rings. The predicted molar refractivity (Wildman–Crippen MR) is 67.0 cm³/mol. The van der Waals surface area contributed by atoms with Crippen molar-refractivity contribution in [3.8, 4) is 5.75 Å². The number of ether oxygens (including phenoxy) is 1. The maximum absolute atomic E-state index is 11.5. The van der Waals surface area contributed by atoms with E-state index in [4.69, 9.17) is 9.84 Å². The Morgan fingerprint density at radius 3 is 2.67 bits per heavy atom. The fourth-order valence-electron chi connectivity index (χ4n) is 1.66. The summed E-state index contributed by atoms with van der Waals surface area (Å²) in [4.78, 5) is 22.0. The first-order chi connectivity index (χ1) is 8.58. The molecule has 0 aliphatic heterocycles. The zero-order chi connectivity index (χ0) is 13.5. The van der Waals surface area contributed by atoms with Crippen molar-refractivity contribution in [3.63, 3.8) is 0 Å². The number of carbonyl (C=O) groups is 2. The third-order valence-electron chi connectivity index (χ3n) is 2.59. The molecule has 0 aliphatic carbocycles. The van der Waals surface area contributed by atoms with Gasteiger partial charge in [-0.1, -0.05) is 6.07 Å². The van der Waals surface area contributed by atoms with Gasteiger partial charge in [0.1, 0.15) is 5.75 Å². The lowest BCUT2D eigenvalue weighted by Gasteiger charge is -2.09. The smallest absolute Gasteiger partial charge is 0.303 e. The lowest BCUT2D eigenvalue weighted by molar-refractivity contribution is -0.137. The van der Waals surface area contributed by atoms with Crippen molar-refractivity contribution >= 4 is 11.9 Å². The predicted octanol–water partition coefficient (Wildman–Crippen LogP) is 1.46. The molecule has 1 aromatic carbocycles. The number of nitrogens with one attached hydrogen (secondary N) is 1. The van der Waals surface area contributed by atoms with Crippen molar-refractivity contribution in [3.05, 3.63) is 29.3 Å². The zero-order valence-corrected chi connectivity index (χ0v) is 10.5. The number of rotatable bonds is 6. The van der Waals surface area contributed by atoms with Crippen LogP contribution in [-0.2, 0) is 11.2 Å². The van der Waals surface area contributed by atoms with Crippen LogP contribution >= 0.6 is 0 Å². The van der Waals surface area contributed by atoms with Crippen LogP contribution in [0.1, 0.15) is 28.8 Å². The van der Waals surface area contributed by atoms with E-state index in [1.54, 1.807) is 19.2 Å². The number of aliphatic carboxylic acids is 1. The molecule has 0 heterocycles. The molecule has 0 saturated carbocycles. The third-order valence-corrected chi connectivity index (χ3v) is 2.59. The summed E-state index contributed by atoms with van der Waals surface area (Å²) < 4.78 is 5.16. The summed E-state index contributed by atoms with van der Waals surface area (Å²) in [5.41, 5.74) is 1.43. The van der Waals surface area contributed by atoms with Gasteiger partial charge in [-0.15, -0.1) is 0 Å². The van der Waals surface area contributed by atoms with Gasteiger partial charge in [0.2, 0.25) is 0 Å². The molecular formula is C13H17NO4. The number of aryl methyl sites for hydroxylation is 1. The van der Waals surface area contributed by atoms with E-state index < -0.39 is 5.97 Å². The summed E-state index contributed by atoms with van der Waals surface area (Å²) in [5.74, 6) is -0.505. The Bertz CT molecular complexity index is 443. The monoisotopic (exact) mass is 251 g/mol.